The minimum Gasteiger partial charge on any atom is -0.349 e. The molecule has 3 N–H and O–H groups in total. The van der Waals surface area contributed by atoms with E-state index in [1.807, 2.05) is 5.43 Å². The van der Waals surface area contributed by atoms with Crippen molar-refractivity contribution in [2.75, 3.05) is 12.5 Å². The van der Waals surface area contributed by atoms with E-state index in [-0.39, 0.29) is 12.5 Å². The molecule has 0 aromatic heterocycles. The summed E-state index contributed by atoms with van der Waals surface area (Å²) in [6, 6.07) is 6.20. The number of hydrogen-bond donors (Lipinski definition) is 2. The molecule has 1 amide bonds. The minimum atomic E-state index is -1.71. The summed E-state index contributed by atoms with van der Waals surface area (Å²) in [5.74, 6) is 4.52. The lowest BCUT2D eigenvalue weighted by molar-refractivity contribution is -0.137. The van der Waals surface area contributed by atoms with Crippen LogP contribution in [0.5, 0.6) is 0 Å². The molecule has 0 saturated heterocycles. The van der Waals surface area contributed by atoms with Gasteiger partial charge in [0.25, 0.3) is 11.2 Å². The smallest absolute Gasteiger partial charge is 0.283 e. The van der Waals surface area contributed by atoms with Gasteiger partial charge in [0, 0.05) is 16.5 Å². The molecule has 0 heterocycles. The maximum atomic E-state index is 11.8. The number of halogens is 2. The molecule has 0 aliphatic heterocycles. The number of nitrogens with two attached hydrogens (primary N) is 1. The molecule has 1 aromatic rings. The number of hydrogen-bond acceptors (Lipinski definition) is 4. The van der Waals surface area contributed by atoms with Gasteiger partial charge in [-0.1, -0.05) is 23.7 Å². The molecule has 0 fully saturated rings. The zero-order chi connectivity index (χ0) is 13.6. The van der Waals surface area contributed by atoms with Gasteiger partial charge in [-0.3, -0.25) is 14.8 Å². The molecule has 0 saturated carbocycles. The highest BCUT2D eigenvalue weighted by atomic mass is 35.5. The summed E-state index contributed by atoms with van der Waals surface area (Å²) in [7, 11) is -0.546. The van der Waals surface area contributed by atoms with E-state index in [1.54, 1.807) is 12.1 Å². The zero-order valence-corrected chi connectivity index (χ0v) is 11.6. The maximum Gasteiger partial charge on any atom is 0.283 e. The highest BCUT2D eigenvalue weighted by Crippen LogP contribution is 2.37. The molecule has 0 bridgehead atoms. The molecule has 98 valence electrons. The van der Waals surface area contributed by atoms with Crippen LogP contribution in [0.1, 0.15) is 5.56 Å². The van der Waals surface area contributed by atoms with Gasteiger partial charge in [0.1, 0.15) is 0 Å². The van der Waals surface area contributed by atoms with Gasteiger partial charge >= 0.3 is 0 Å². The van der Waals surface area contributed by atoms with Gasteiger partial charge in [0.2, 0.25) is 8.46 Å². The Morgan fingerprint density at radius 3 is 2.50 bits per heavy atom. The first-order valence-corrected chi connectivity index (χ1v) is 6.64. The minimum absolute atomic E-state index is 0.0485. The van der Waals surface area contributed by atoms with Crippen LogP contribution in [0.2, 0.25) is 5.02 Å². The third kappa shape index (κ3) is 3.19. The summed E-state index contributed by atoms with van der Waals surface area (Å²) in [5.41, 5.74) is 2.30. The lowest BCUT2D eigenvalue weighted by Crippen LogP contribution is -2.46. The highest BCUT2D eigenvalue weighted by Gasteiger charge is 2.42. The predicted octanol–water partition coefficient (Wildman–Crippen LogP) is 2.03. The number of rotatable bonds is 6. The van der Waals surface area contributed by atoms with Gasteiger partial charge in [0.05, 0.1) is 6.61 Å². The van der Waals surface area contributed by atoms with Gasteiger partial charge in [-0.05, 0) is 12.1 Å². The average Bonchev–Trinajstić information content (AvgIpc) is 2.41. The van der Waals surface area contributed by atoms with Crippen LogP contribution in [0.3, 0.4) is 0 Å². The van der Waals surface area contributed by atoms with Crippen molar-refractivity contribution in [1.82, 2.24) is 5.43 Å². The summed E-state index contributed by atoms with van der Waals surface area (Å²) in [4.78, 5) is 11.8. The fourth-order valence-electron chi connectivity index (χ4n) is 1.36. The Balaban J connectivity index is 3.20. The standard InChI is InChI=1S/C10H11Cl2N2O3P/c11-5-6-17-10(18-16,9(15)14-13)7-1-3-8(12)4-2-7/h1-4H,5-6,13H2,(H,14,15). The number of carbonyl (C=O) groups excluding carboxylic acids is 1. The number of alkyl halides is 1. The molecule has 8 heteroatoms. The van der Waals surface area contributed by atoms with Crippen molar-refractivity contribution in [2.45, 2.75) is 5.34 Å². The van der Waals surface area contributed by atoms with Gasteiger partial charge < -0.3 is 4.74 Å². The second kappa shape index (κ2) is 7.02. The number of carbonyl (C=O) groups is 1. The van der Waals surface area contributed by atoms with Crippen molar-refractivity contribution in [1.29, 1.82) is 0 Å². The van der Waals surface area contributed by atoms with E-state index in [0.29, 0.717) is 10.6 Å². The molecule has 1 rings (SSSR count). The Kier molecular flexibility index (Phi) is 5.99. The van der Waals surface area contributed by atoms with Crippen molar-refractivity contribution in [3.63, 3.8) is 0 Å². The second-order valence-electron chi connectivity index (χ2n) is 3.25. The van der Waals surface area contributed by atoms with Gasteiger partial charge in [0.15, 0.2) is 0 Å². The number of amides is 1. The summed E-state index contributed by atoms with van der Waals surface area (Å²) in [6.07, 6.45) is 0. The molecule has 0 aliphatic carbocycles. The fraction of sp³-hybridized carbons (Fsp3) is 0.300. The molecule has 1 unspecified atom stereocenters. The summed E-state index contributed by atoms with van der Waals surface area (Å²) in [5, 5.41) is -1.23. The number of benzene rings is 1. The molecule has 1 aromatic carbocycles. The van der Waals surface area contributed by atoms with Crippen LogP contribution in [0, 0.1) is 0 Å². The molecular formula is C10H11Cl2N2O3P. The molecular weight excluding hydrogens is 298 g/mol. The van der Waals surface area contributed by atoms with Gasteiger partial charge in [-0.25, -0.2) is 5.84 Å². The van der Waals surface area contributed by atoms with E-state index in [9.17, 15) is 9.36 Å². The Bertz CT molecular complexity index is 430. The second-order valence-corrected chi connectivity index (χ2v) is 4.88. The lowest BCUT2D eigenvalue weighted by Gasteiger charge is -2.25. The van der Waals surface area contributed by atoms with Crippen LogP contribution in [-0.2, 0) is 19.4 Å². The zero-order valence-electron chi connectivity index (χ0n) is 9.23. The van der Waals surface area contributed by atoms with E-state index in [4.69, 9.17) is 33.8 Å². The third-order valence-electron chi connectivity index (χ3n) is 2.19. The van der Waals surface area contributed by atoms with Gasteiger partial charge in [-0.2, -0.15) is 0 Å². The highest BCUT2D eigenvalue weighted by molar-refractivity contribution is 7.27. The predicted molar refractivity (Wildman–Crippen MR) is 69.7 cm³/mol. The fourth-order valence-corrected chi connectivity index (χ4v) is 2.11. The van der Waals surface area contributed by atoms with Crippen LogP contribution < -0.4 is 11.3 Å². The maximum absolute atomic E-state index is 11.8. The quantitative estimate of drug-likeness (QED) is 0.277. The van der Waals surface area contributed by atoms with E-state index in [2.05, 4.69) is 0 Å². The monoisotopic (exact) mass is 308 g/mol. The normalized spacial score (nSPS) is 14.2. The van der Waals surface area contributed by atoms with E-state index in [0.717, 1.165) is 0 Å². The van der Waals surface area contributed by atoms with Crippen LogP contribution in [0.15, 0.2) is 24.3 Å². The van der Waals surface area contributed by atoms with Crippen molar-refractivity contribution >= 4 is 37.6 Å². The largest absolute Gasteiger partial charge is 0.349 e. The van der Waals surface area contributed by atoms with Crippen molar-refractivity contribution in [2.24, 2.45) is 5.84 Å². The first-order chi connectivity index (χ1) is 8.60. The Morgan fingerprint density at radius 1 is 1.44 bits per heavy atom. The Labute approximate surface area is 116 Å². The molecule has 5 nitrogen and oxygen atoms in total. The Morgan fingerprint density at radius 2 is 2.06 bits per heavy atom. The summed E-state index contributed by atoms with van der Waals surface area (Å²) < 4.78 is 16.7. The average molecular weight is 309 g/mol. The van der Waals surface area contributed by atoms with Crippen LogP contribution >= 0.6 is 31.7 Å². The SMILES string of the molecule is NNC(=O)C(OCCCl)(P=O)c1ccc(Cl)cc1. The number of ether oxygens (including phenoxy) is 1. The van der Waals surface area contributed by atoms with Crippen molar-refractivity contribution < 1.29 is 14.1 Å². The number of nitrogens with one attached hydrogen (secondary N) is 1. The third-order valence-corrected chi connectivity index (χ3v) is 3.44. The van der Waals surface area contributed by atoms with Crippen molar-refractivity contribution in [3.05, 3.63) is 34.9 Å². The number of hydrazine groups is 1. The molecule has 18 heavy (non-hydrogen) atoms. The van der Waals surface area contributed by atoms with Gasteiger partial charge in [-0.15, -0.1) is 11.6 Å². The Hall–Kier alpha value is -0.710. The van der Waals surface area contributed by atoms with Crippen LogP contribution in [0.25, 0.3) is 0 Å². The summed E-state index contributed by atoms with van der Waals surface area (Å²) >= 11 is 11.3. The van der Waals surface area contributed by atoms with E-state index >= 15 is 0 Å². The van der Waals surface area contributed by atoms with Crippen LogP contribution in [0.4, 0.5) is 0 Å². The molecule has 0 aliphatic rings. The lowest BCUT2D eigenvalue weighted by atomic mass is 10.1. The summed E-state index contributed by atoms with van der Waals surface area (Å²) in [6.45, 7) is 0.0485. The van der Waals surface area contributed by atoms with E-state index in [1.165, 1.54) is 12.1 Å². The van der Waals surface area contributed by atoms with Crippen molar-refractivity contribution in [3.8, 4) is 0 Å². The first kappa shape index (κ1) is 15.3. The topological polar surface area (TPSA) is 81.4 Å². The molecule has 0 radical (unpaired) electrons. The first-order valence-electron chi connectivity index (χ1n) is 4.92. The van der Waals surface area contributed by atoms with Crippen LogP contribution in [-0.4, -0.2) is 18.4 Å². The molecule has 0 spiro atoms. The molecule has 1 atom stereocenters. The van der Waals surface area contributed by atoms with E-state index < -0.39 is 19.7 Å².